The highest BCUT2D eigenvalue weighted by molar-refractivity contribution is 7.20. The van der Waals surface area contributed by atoms with E-state index < -0.39 is 17.6 Å². The van der Waals surface area contributed by atoms with Crippen molar-refractivity contribution in [3.63, 3.8) is 0 Å². The van der Waals surface area contributed by atoms with Gasteiger partial charge in [0.05, 0.1) is 22.5 Å². The van der Waals surface area contributed by atoms with Gasteiger partial charge in [-0.1, -0.05) is 17.4 Å². The van der Waals surface area contributed by atoms with Crippen molar-refractivity contribution >= 4 is 33.3 Å². The molecule has 1 N–H and O–H groups in total. The monoisotopic (exact) mass is 440 g/mol. The van der Waals surface area contributed by atoms with Gasteiger partial charge in [0.15, 0.2) is 0 Å². The maximum Gasteiger partial charge on any atom is 0.226 e. The summed E-state index contributed by atoms with van der Waals surface area (Å²) in [6.45, 7) is 4.29. The molecule has 158 valence electrons. The quantitative estimate of drug-likeness (QED) is 0.488. The Kier molecular flexibility index (Phi) is 4.70. The zero-order chi connectivity index (χ0) is 21.7. The van der Waals surface area contributed by atoms with Gasteiger partial charge in [-0.3, -0.25) is 4.79 Å². The Labute approximate surface area is 180 Å². The van der Waals surface area contributed by atoms with Crippen LogP contribution in [0.4, 0.5) is 14.6 Å². The zero-order valence-corrected chi connectivity index (χ0v) is 17.6. The second-order valence-electron chi connectivity index (χ2n) is 7.29. The molecule has 2 aromatic heterocycles. The summed E-state index contributed by atoms with van der Waals surface area (Å²) >= 11 is 1.41. The van der Waals surface area contributed by atoms with Gasteiger partial charge >= 0.3 is 0 Å². The molecule has 5 rings (SSSR count). The third-order valence-electron chi connectivity index (χ3n) is 5.28. The van der Waals surface area contributed by atoms with E-state index in [1.807, 2.05) is 32.0 Å². The molecule has 2 aromatic carbocycles. The van der Waals surface area contributed by atoms with Gasteiger partial charge in [-0.2, -0.15) is 9.78 Å². The van der Waals surface area contributed by atoms with Crippen LogP contribution in [0.2, 0.25) is 0 Å². The van der Waals surface area contributed by atoms with E-state index in [0.29, 0.717) is 28.8 Å². The van der Waals surface area contributed by atoms with E-state index in [0.717, 1.165) is 22.0 Å². The van der Waals surface area contributed by atoms with Gasteiger partial charge in [0.25, 0.3) is 0 Å². The first-order chi connectivity index (χ1) is 14.9. The average molecular weight is 440 g/mol. The second kappa shape index (κ2) is 7.42. The smallest absolute Gasteiger partial charge is 0.226 e. The SMILES string of the molecule is CCOc1ccc2nc(-n3nc(C)c4c3NC(=O)CC4c3ccc(F)cc3F)sc2c1. The highest BCUT2D eigenvalue weighted by Crippen LogP contribution is 2.42. The molecule has 3 heterocycles. The molecule has 1 unspecified atom stereocenters. The minimum atomic E-state index is -0.679. The largest absolute Gasteiger partial charge is 0.494 e. The van der Waals surface area contributed by atoms with E-state index in [-0.39, 0.29) is 17.9 Å². The Hall–Kier alpha value is -3.33. The first-order valence-electron chi connectivity index (χ1n) is 9.82. The van der Waals surface area contributed by atoms with E-state index in [4.69, 9.17) is 4.74 Å². The lowest BCUT2D eigenvalue weighted by Crippen LogP contribution is -2.25. The van der Waals surface area contributed by atoms with Gasteiger partial charge in [-0.15, -0.1) is 0 Å². The molecule has 0 spiro atoms. The van der Waals surface area contributed by atoms with Crippen LogP contribution in [0.5, 0.6) is 5.75 Å². The van der Waals surface area contributed by atoms with Gasteiger partial charge in [-0.25, -0.2) is 13.8 Å². The Bertz CT molecular complexity index is 1330. The fraction of sp³-hybridized carbons (Fsp3) is 0.227. The number of aromatic nitrogens is 3. The highest BCUT2D eigenvalue weighted by Gasteiger charge is 2.34. The summed E-state index contributed by atoms with van der Waals surface area (Å²) in [5.41, 5.74) is 2.41. The number of halogens is 2. The summed E-state index contributed by atoms with van der Waals surface area (Å²) in [6, 6.07) is 9.07. The molecule has 1 aliphatic rings. The minimum absolute atomic E-state index is 0.0552. The van der Waals surface area contributed by atoms with E-state index in [1.165, 1.54) is 23.5 Å². The van der Waals surface area contributed by atoms with Gasteiger partial charge in [0, 0.05) is 24.0 Å². The van der Waals surface area contributed by atoms with Crippen molar-refractivity contribution in [3.05, 3.63) is 64.9 Å². The number of anilines is 1. The number of nitrogens with zero attached hydrogens (tertiary/aromatic N) is 3. The molecule has 0 aliphatic carbocycles. The predicted octanol–water partition coefficient (Wildman–Crippen LogP) is 4.94. The van der Waals surface area contributed by atoms with Crippen LogP contribution >= 0.6 is 11.3 Å². The van der Waals surface area contributed by atoms with Crippen LogP contribution in [0, 0.1) is 18.6 Å². The Balaban J connectivity index is 1.63. The minimum Gasteiger partial charge on any atom is -0.494 e. The van der Waals surface area contributed by atoms with Crippen molar-refractivity contribution in [1.82, 2.24) is 14.8 Å². The van der Waals surface area contributed by atoms with E-state index >= 15 is 0 Å². The van der Waals surface area contributed by atoms with Crippen molar-refractivity contribution in [1.29, 1.82) is 0 Å². The van der Waals surface area contributed by atoms with Crippen molar-refractivity contribution in [2.45, 2.75) is 26.2 Å². The summed E-state index contributed by atoms with van der Waals surface area (Å²) in [5.74, 6) is -0.939. The van der Waals surface area contributed by atoms with E-state index in [2.05, 4.69) is 15.4 Å². The number of hydrogen-bond acceptors (Lipinski definition) is 5. The molecule has 1 aliphatic heterocycles. The van der Waals surface area contributed by atoms with Crippen LogP contribution < -0.4 is 10.1 Å². The van der Waals surface area contributed by atoms with Crippen LogP contribution in [0.15, 0.2) is 36.4 Å². The highest BCUT2D eigenvalue weighted by atomic mass is 32.1. The average Bonchev–Trinajstić information content (AvgIpc) is 3.28. The number of amides is 1. The third kappa shape index (κ3) is 3.34. The number of aryl methyl sites for hydroxylation is 1. The molecule has 0 saturated carbocycles. The Morgan fingerprint density at radius 3 is 2.87 bits per heavy atom. The molecule has 4 aromatic rings. The maximum atomic E-state index is 14.5. The van der Waals surface area contributed by atoms with Crippen molar-refractivity contribution < 1.29 is 18.3 Å². The predicted molar refractivity (Wildman–Crippen MR) is 114 cm³/mol. The molecule has 9 heteroatoms. The molecule has 1 atom stereocenters. The van der Waals surface area contributed by atoms with Crippen LogP contribution in [0.25, 0.3) is 15.3 Å². The van der Waals surface area contributed by atoms with Gasteiger partial charge < -0.3 is 10.1 Å². The molecule has 6 nitrogen and oxygen atoms in total. The van der Waals surface area contributed by atoms with Gasteiger partial charge in [0.2, 0.25) is 11.0 Å². The summed E-state index contributed by atoms with van der Waals surface area (Å²) in [7, 11) is 0. The standard InChI is InChI=1S/C22H18F2N4O2S/c1-3-30-13-5-7-17-18(9-13)31-22(25-17)28-21-20(11(2)27-28)15(10-19(29)26-21)14-6-4-12(23)8-16(14)24/h4-9,15H,3,10H2,1-2H3,(H,26,29). The first-order valence-corrected chi connectivity index (χ1v) is 10.6. The van der Waals surface area contributed by atoms with Gasteiger partial charge in [-0.05, 0) is 43.7 Å². The van der Waals surface area contributed by atoms with Crippen molar-refractivity contribution in [3.8, 4) is 10.9 Å². The molecule has 0 bridgehead atoms. The lowest BCUT2D eigenvalue weighted by molar-refractivity contribution is -0.116. The van der Waals surface area contributed by atoms with E-state index in [9.17, 15) is 13.6 Å². The maximum absolute atomic E-state index is 14.5. The van der Waals surface area contributed by atoms with Crippen LogP contribution in [0.3, 0.4) is 0 Å². The molecular formula is C22H18F2N4O2S. The topological polar surface area (TPSA) is 69.0 Å². The summed E-state index contributed by atoms with van der Waals surface area (Å²) < 4.78 is 36.0. The van der Waals surface area contributed by atoms with E-state index in [1.54, 1.807) is 4.68 Å². The number of nitrogens with one attached hydrogen (secondary N) is 1. The second-order valence-corrected chi connectivity index (χ2v) is 8.30. The Morgan fingerprint density at radius 1 is 1.26 bits per heavy atom. The molecule has 0 saturated heterocycles. The lowest BCUT2D eigenvalue weighted by atomic mass is 9.85. The summed E-state index contributed by atoms with van der Waals surface area (Å²) in [6.07, 6.45) is 0.0552. The molecular weight excluding hydrogens is 422 g/mol. The number of rotatable bonds is 4. The number of carbonyl (C=O) groups is 1. The third-order valence-corrected chi connectivity index (χ3v) is 6.27. The molecule has 0 fully saturated rings. The van der Waals surface area contributed by atoms with Crippen LogP contribution in [-0.4, -0.2) is 27.3 Å². The zero-order valence-electron chi connectivity index (χ0n) is 16.8. The Morgan fingerprint density at radius 2 is 2.10 bits per heavy atom. The van der Waals surface area contributed by atoms with Gasteiger partial charge in [0.1, 0.15) is 23.2 Å². The summed E-state index contributed by atoms with van der Waals surface area (Å²) in [5, 5.41) is 8.03. The number of fused-ring (bicyclic) bond motifs is 2. The number of benzene rings is 2. The normalized spacial score (nSPS) is 15.7. The number of hydrogen-bond donors (Lipinski definition) is 1. The van der Waals surface area contributed by atoms with Crippen molar-refractivity contribution in [2.75, 3.05) is 11.9 Å². The molecule has 0 radical (unpaired) electrons. The fourth-order valence-corrected chi connectivity index (χ4v) is 4.93. The van der Waals surface area contributed by atoms with Crippen LogP contribution in [0.1, 0.15) is 36.1 Å². The molecule has 31 heavy (non-hydrogen) atoms. The first kappa shape index (κ1) is 19.6. The lowest BCUT2D eigenvalue weighted by Gasteiger charge is -2.24. The summed E-state index contributed by atoms with van der Waals surface area (Å²) in [4.78, 5) is 17.1. The molecule has 1 amide bonds. The van der Waals surface area contributed by atoms with Crippen molar-refractivity contribution in [2.24, 2.45) is 0 Å². The number of thiazole rings is 1. The number of ether oxygens (including phenoxy) is 1. The van der Waals surface area contributed by atoms with Crippen LogP contribution in [-0.2, 0) is 4.79 Å². The fourth-order valence-electron chi connectivity index (χ4n) is 3.98. The number of carbonyl (C=O) groups excluding carboxylic acids is 1.